The van der Waals surface area contributed by atoms with E-state index in [0.717, 1.165) is 0 Å². The van der Waals surface area contributed by atoms with Gasteiger partial charge in [-0.2, -0.15) is 0 Å². The molecule has 1 heterocycles. The van der Waals surface area contributed by atoms with E-state index in [1.165, 1.54) is 32.4 Å². The van der Waals surface area contributed by atoms with Gasteiger partial charge in [0.15, 0.2) is 0 Å². The molecule has 0 spiro atoms. The number of rotatable bonds is 2. The molecule has 1 saturated heterocycles. The lowest BCUT2D eigenvalue weighted by molar-refractivity contribution is 0.201. The molecule has 1 fully saturated rings. The van der Waals surface area contributed by atoms with Crippen LogP contribution < -0.4 is 0 Å². The molecule has 0 aromatic rings. The van der Waals surface area contributed by atoms with Crippen molar-refractivity contribution in [3.8, 4) is 0 Å². The van der Waals surface area contributed by atoms with Gasteiger partial charge in [0.2, 0.25) is 0 Å². The lowest BCUT2D eigenvalue weighted by atomic mass is 10.1. The highest BCUT2D eigenvalue weighted by atomic mass is 15.1. The van der Waals surface area contributed by atoms with Gasteiger partial charge in [-0.05, 0) is 32.9 Å². The Labute approximate surface area is 63.7 Å². The minimum absolute atomic E-state index is 0.584. The molecule has 1 aliphatic heterocycles. The molecule has 0 aromatic carbocycles. The van der Waals surface area contributed by atoms with Gasteiger partial charge in [0.05, 0.1) is 0 Å². The van der Waals surface area contributed by atoms with Gasteiger partial charge in [0.1, 0.15) is 0 Å². The number of nitrogens with zero attached hydrogens (tertiary/aromatic N) is 1. The summed E-state index contributed by atoms with van der Waals surface area (Å²) in [6.45, 7) is 8.56. The van der Waals surface area contributed by atoms with Crippen molar-refractivity contribution >= 4 is 0 Å². The predicted molar refractivity (Wildman–Crippen MR) is 45.1 cm³/mol. The second kappa shape index (κ2) is 3.77. The van der Waals surface area contributed by atoms with E-state index in [4.69, 9.17) is 0 Å². The predicted octanol–water partition coefficient (Wildman–Crippen LogP) is 2.05. The first-order chi connectivity index (χ1) is 4.84. The van der Waals surface area contributed by atoms with Crippen LogP contribution in [0.4, 0.5) is 0 Å². The molecule has 1 rings (SSSR count). The summed E-state index contributed by atoms with van der Waals surface area (Å²) < 4.78 is 0. The maximum absolute atomic E-state index is 3.79. The zero-order valence-electron chi connectivity index (χ0n) is 6.84. The molecule has 0 bridgehead atoms. The first-order valence-corrected chi connectivity index (χ1v) is 4.21. The van der Waals surface area contributed by atoms with Crippen LogP contribution in [0.2, 0.25) is 0 Å². The van der Waals surface area contributed by atoms with Gasteiger partial charge in [-0.25, -0.2) is 0 Å². The Morgan fingerprint density at radius 3 is 2.40 bits per heavy atom. The molecule has 58 valence electrons. The zero-order valence-corrected chi connectivity index (χ0v) is 6.84. The topological polar surface area (TPSA) is 3.24 Å². The van der Waals surface area contributed by atoms with Crippen LogP contribution in [0.3, 0.4) is 0 Å². The summed E-state index contributed by atoms with van der Waals surface area (Å²) in [5.74, 6) is 0. The SMILES string of the molecule is C=CC(C)N1CCCCC1. The lowest BCUT2D eigenvalue weighted by Crippen LogP contribution is -2.35. The van der Waals surface area contributed by atoms with Crippen molar-refractivity contribution in [2.45, 2.75) is 32.2 Å². The van der Waals surface area contributed by atoms with E-state index in [2.05, 4.69) is 18.4 Å². The average molecular weight is 139 g/mol. The monoisotopic (exact) mass is 139 g/mol. The zero-order chi connectivity index (χ0) is 7.40. The molecule has 1 nitrogen and oxygen atoms in total. The fourth-order valence-corrected chi connectivity index (χ4v) is 1.47. The van der Waals surface area contributed by atoms with Crippen LogP contribution in [0, 0.1) is 0 Å². The molecular weight excluding hydrogens is 122 g/mol. The van der Waals surface area contributed by atoms with Crippen LogP contribution in [-0.2, 0) is 0 Å². The highest BCUT2D eigenvalue weighted by Gasteiger charge is 2.12. The Hall–Kier alpha value is -0.300. The molecule has 1 aliphatic rings. The molecule has 0 amide bonds. The molecule has 10 heavy (non-hydrogen) atoms. The van der Waals surface area contributed by atoms with Gasteiger partial charge < -0.3 is 0 Å². The van der Waals surface area contributed by atoms with E-state index in [1.54, 1.807) is 0 Å². The largest absolute Gasteiger partial charge is 0.297 e. The van der Waals surface area contributed by atoms with E-state index >= 15 is 0 Å². The molecule has 0 aromatic heterocycles. The van der Waals surface area contributed by atoms with Crippen molar-refractivity contribution in [2.75, 3.05) is 13.1 Å². The Bertz CT molecular complexity index is 103. The summed E-state index contributed by atoms with van der Waals surface area (Å²) in [5.41, 5.74) is 0. The quantitative estimate of drug-likeness (QED) is 0.529. The van der Waals surface area contributed by atoms with E-state index in [9.17, 15) is 0 Å². The maximum atomic E-state index is 3.79. The van der Waals surface area contributed by atoms with E-state index in [0.29, 0.717) is 6.04 Å². The molecule has 0 radical (unpaired) electrons. The first-order valence-electron chi connectivity index (χ1n) is 4.21. The van der Waals surface area contributed by atoms with Crippen molar-refractivity contribution in [1.29, 1.82) is 0 Å². The highest BCUT2D eigenvalue weighted by Crippen LogP contribution is 2.11. The minimum Gasteiger partial charge on any atom is -0.297 e. The average Bonchev–Trinajstić information content (AvgIpc) is 2.05. The Kier molecular flexibility index (Phi) is 2.94. The van der Waals surface area contributed by atoms with Crippen molar-refractivity contribution in [3.63, 3.8) is 0 Å². The summed E-state index contributed by atoms with van der Waals surface area (Å²) in [6, 6.07) is 0.584. The number of piperidine rings is 1. The number of likely N-dealkylation sites (tertiary alicyclic amines) is 1. The highest BCUT2D eigenvalue weighted by molar-refractivity contribution is 4.85. The fraction of sp³-hybridized carbons (Fsp3) is 0.778. The molecule has 1 atom stereocenters. The van der Waals surface area contributed by atoms with Crippen molar-refractivity contribution in [3.05, 3.63) is 12.7 Å². The van der Waals surface area contributed by atoms with Crippen LogP contribution in [0.1, 0.15) is 26.2 Å². The molecule has 0 aliphatic carbocycles. The van der Waals surface area contributed by atoms with Crippen LogP contribution in [0.25, 0.3) is 0 Å². The van der Waals surface area contributed by atoms with E-state index in [1.807, 2.05) is 6.08 Å². The van der Waals surface area contributed by atoms with Gasteiger partial charge in [0, 0.05) is 6.04 Å². The van der Waals surface area contributed by atoms with Crippen molar-refractivity contribution < 1.29 is 0 Å². The Balaban J connectivity index is 2.30. The number of hydrogen-bond acceptors (Lipinski definition) is 1. The van der Waals surface area contributed by atoms with Gasteiger partial charge >= 0.3 is 0 Å². The standard InChI is InChI=1S/C9H17N/c1-3-9(2)10-7-5-4-6-8-10/h3,9H,1,4-8H2,2H3. The summed E-state index contributed by atoms with van der Waals surface area (Å²) in [6.07, 6.45) is 6.20. The van der Waals surface area contributed by atoms with Crippen LogP contribution in [-0.4, -0.2) is 24.0 Å². The third kappa shape index (κ3) is 1.84. The van der Waals surface area contributed by atoms with Gasteiger partial charge in [-0.3, -0.25) is 4.90 Å². The molecule has 1 unspecified atom stereocenters. The molecule has 0 N–H and O–H groups in total. The number of hydrogen-bond donors (Lipinski definition) is 0. The normalized spacial score (nSPS) is 24.1. The summed E-state index contributed by atoms with van der Waals surface area (Å²) in [5, 5.41) is 0. The van der Waals surface area contributed by atoms with Gasteiger partial charge in [-0.1, -0.05) is 12.5 Å². The van der Waals surface area contributed by atoms with Gasteiger partial charge in [0.25, 0.3) is 0 Å². The summed E-state index contributed by atoms with van der Waals surface area (Å²) >= 11 is 0. The van der Waals surface area contributed by atoms with E-state index in [-0.39, 0.29) is 0 Å². The summed E-state index contributed by atoms with van der Waals surface area (Å²) in [7, 11) is 0. The Morgan fingerprint density at radius 1 is 1.30 bits per heavy atom. The van der Waals surface area contributed by atoms with Crippen LogP contribution >= 0.6 is 0 Å². The summed E-state index contributed by atoms with van der Waals surface area (Å²) in [4.78, 5) is 2.50. The third-order valence-electron chi connectivity index (χ3n) is 2.31. The van der Waals surface area contributed by atoms with Crippen LogP contribution in [0.15, 0.2) is 12.7 Å². The molecule has 0 saturated carbocycles. The molecule has 1 heteroatoms. The minimum atomic E-state index is 0.584. The first kappa shape index (κ1) is 7.80. The second-order valence-electron chi connectivity index (χ2n) is 3.07. The second-order valence-corrected chi connectivity index (χ2v) is 3.07. The third-order valence-corrected chi connectivity index (χ3v) is 2.31. The van der Waals surface area contributed by atoms with Crippen molar-refractivity contribution in [2.24, 2.45) is 0 Å². The smallest absolute Gasteiger partial charge is 0.0247 e. The van der Waals surface area contributed by atoms with Gasteiger partial charge in [-0.15, -0.1) is 6.58 Å². The maximum Gasteiger partial charge on any atom is 0.0247 e. The van der Waals surface area contributed by atoms with Crippen molar-refractivity contribution in [1.82, 2.24) is 4.90 Å². The van der Waals surface area contributed by atoms with E-state index < -0.39 is 0 Å². The fourth-order valence-electron chi connectivity index (χ4n) is 1.47. The van der Waals surface area contributed by atoms with Crippen LogP contribution in [0.5, 0.6) is 0 Å². The lowest BCUT2D eigenvalue weighted by Gasteiger charge is -2.30. The molecular formula is C9H17N. The Morgan fingerprint density at radius 2 is 1.90 bits per heavy atom.